The Kier molecular flexibility index (Phi) is 3.92. The maximum absolute atomic E-state index is 6.70. The van der Waals surface area contributed by atoms with Gasteiger partial charge in [0.05, 0.1) is 6.61 Å². The van der Waals surface area contributed by atoms with E-state index < -0.39 is 5.54 Å². The third kappa shape index (κ3) is 2.78. The number of ether oxygens (including phenoxy) is 1. The number of fused-ring (bicyclic) bond motifs is 1. The average Bonchev–Trinajstić information content (AvgIpc) is 2.96. The predicted octanol–water partition coefficient (Wildman–Crippen LogP) is 4.08. The molecule has 0 fully saturated rings. The number of nitrogens with two attached hydrogens (primary N) is 1. The van der Waals surface area contributed by atoms with Gasteiger partial charge < -0.3 is 10.5 Å². The first kappa shape index (κ1) is 14.4. The minimum absolute atomic E-state index is 0.397. The standard InChI is InChI=1S/C18H20ClNO/c1-2-18(20,15-6-4-3-5-7-15)12-14-11-16(19)10-13-8-9-21-17(13)14/h3-7,10-11H,2,8-9,12,20H2,1H3. The van der Waals surface area contributed by atoms with Crippen LogP contribution in [0.3, 0.4) is 0 Å². The van der Waals surface area contributed by atoms with E-state index in [1.54, 1.807) is 0 Å². The van der Waals surface area contributed by atoms with Crippen LogP contribution in [0.1, 0.15) is 30.0 Å². The molecule has 3 heteroatoms. The lowest BCUT2D eigenvalue weighted by atomic mass is 9.82. The molecule has 3 rings (SSSR count). The Balaban J connectivity index is 1.99. The van der Waals surface area contributed by atoms with Gasteiger partial charge >= 0.3 is 0 Å². The highest BCUT2D eigenvalue weighted by Crippen LogP contribution is 2.37. The van der Waals surface area contributed by atoms with Crippen LogP contribution in [0, 0.1) is 0 Å². The summed E-state index contributed by atoms with van der Waals surface area (Å²) in [6, 6.07) is 14.3. The Morgan fingerprint density at radius 3 is 2.71 bits per heavy atom. The normalized spacial score (nSPS) is 16.1. The van der Waals surface area contributed by atoms with Gasteiger partial charge in [0.15, 0.2) is 0 Å². The van der Waals surface area contributed by atoms with E-state index in [0.717, 1.165) is 47.8 Å². The fourth-order valence-corrected chi connectivity index (χ4v) is 3.28. The molecular formula is C18H20ClNO. The van der Waals surface area contributed by atoms with Crippen LogP contribution in [-0.4, -0.2) is 6.61 Å². The van der Waals surface area contributed by atoms with Gasteiger partial charge in [0.1, 0.15) is 5.75 Å². The van der Waals surface area contributed by atoms with Crippen molar-refractivity contribution in [1.82, 2.24) is 0 Å². The number of benzene rings is 2. The van der Waals surface area contributed by atoms with Gasteiger partial charge in [-0.05, 0) is 41.7 Å². The molecule has 1 heterocycles. The Bertz CT molecular complexity index is 641. The molecular weight excluding hydrogens is 282 g/mol. The summed E-state index contributed by atoms with van der Waals surface area (Å²) in [7, 11) is 0. The topological polar surface area (TPSA) is 35.2 Å². The van der Waals surface area contributed by atoms with E-state index in [2.05, 4.69) is 19.1 Å². The lowest BCUT2D eigenvalue weighted by molar-refractivity contribution is 0.346. The molecule has 2 nitrogen and oxygen atoms in total. The Labute approximate surface area is 130 Å². The first-order chi connectivity index (χ1) is 10.1. The van der Waals surface area contributed by atoms with Gasteiger partial charge in [-0.15, -0.1) is 0 Å². The van der Waals surface area contributed by atoms with Gasteiger partial charge in [-0.3, -0.25) is 0 Å². The summed E-state index contributed by atoms with van der Waals surface area (Å²) in [4.78, 5) is 0. The van der Waals surface area contributed by atoms with E-state index in [-0.39, 0.29) is 0 Å². The SMILES string of the molecule is CCC(N)(Cc1cc(Cl)cc2c1OCC2)c1ccccc1. The van der Waals surface area contributed by atoms with Crippen LogP contribution in [0.25, 0.3) is 0 Å². The zero-order chi connectivity index (χ0) is 14.9. The van der Waals surface area contributed by atoms with Gasteiger partial charge in [-0.2, -0.15) is 0 Å². The highest BCUT2D eigenvalue weighted by molar-refractivity contribution is 6.30. The van der Waals surface area contributed by atoms with Gasteiger partial charge in [-0.25, -0.2) is 0 Å². The van der Waals surface area contributed by atoms with Crippen molar-refractivity contribution in [2.45, 2.75) is 31.7 Å². The van der Waals surface area contributed by atoms with Crippen molar-refractivity contribution in [3.8, 4) is 5.75 Å². The molecule has 1 unspecified atom stereocenters. The van der Waals surface area contributed by atoms with Crippen LogP contribution < -0.4 is 10.5 Å². The first-order valence-electron chi connectivity index (χ1n) is 7.41. The molecule has 0 aliphatic carbocycles. The summed E-state index contributed by atoms with van der Waals surface area (Å²) in [5.74, 6) is 0.985. The quantitative estimate of drug-likeness (QED) is 0.923. The fraction of sp³-hybridized carbons (Fsp3) is 0.333. The number of hydrogen-bond acceptors (Lipinski definition) is 2. The van der Waals surface area contributed by atoms with Crippen LogP contribution in [0.15, 0.2) is 42.5 Å². The molecule has 1 aliphatic heterocycles. The summed E-state index contributed by atoms with van der Waals surface area (Å²) in [6.45, 7) is 2.86. The summed E-state index contributed by atoms with van der Waals surface area (Å²) < 4.78 is 5.80. The number of hydrogen-bond donors (Lipinski definition) is 1. The van der Waals surface area contributed by atoms with Gasteiger partial charge in [0.2, 0.25) is 0 Å². The molecule has 110 valence electrons. The Morgan fingerprint density at radius 2 is 2.00 bits per heavy atom. The molecule has 0 radical (unpaired) electrons. The highest BCUT2D eigenvalue weighted by atomic mass is 35.5. The number of rotatable bonds is 4. The minimum Gasteiger partial charge on any atom is -0.493 e. The molecule has 0 aromatic heterocycles. The van der Waals surface area contributed by atoms with Crippen molar-refractivity contribution < 1.29 is 4.74 Å². The molecule has 0 bridgehead atoms. The zero-order valence-corrected chi connectivity index (χ0v) is 13.0. The Hall–Kier alpha value is -1.51. The minimum atomic E-state index is -0.397. The third-order valence-electron chi connectivity index (χ3n) is 4.31. The van der Waals surface area contributed by atoms with Gasteiger partial charge in [0.25, 0.3) is 0 Å². The van der Waals surface area contributed by atoms with E-state index in [1.807, 2.05) is 30.3 Å². The van der Waals surface area contributed by atoms with Crippen molar-refractivity contribution in [3.05, 3.63) is 64.2 Å². The summed E-state index contributed by atoms with van der Waals surface area (Å²) in [5.41, 5.74) is 9.76. The zero-order valence-electron chi connectivity index (χ0n) is 12.2. The fourth-order valence-electron chi connectivity index (χ4n) is 3.02. The van der Waals surface area contributed by atoms with Crippen molar-refractivity contribution in [1.29, 1.82) is 0 Å². The van der Waals surface area contributed by atoms with Crippen molar-refractivity contribution >= 4 is 11.6 Å². The second kappa shape index (κ2) is 5.70. The van der Waals surface area contributed by atoms with E-state index in [1.165, 1.54) is 5.56 Å². The van der Waals surface area contributed by atoms with E-state index >= 15 is 0 Å². The van der Waals surface area contributed by atoms with Gasteiger partial charge in [0, 0.05) is 17.0 Å². The smallest absolute Gasteiger partial charge is 0.125 e. The monoisotopic (exact) mass is 301 g/mol. The summed E-state index contributed by atoms with van der Waals surface area (Å²) in [6.07, 6.45) is 2.52. The van der Waals surface area contributed by atoms with Crippen molar-refractivity contribution in [2.75, 3.05) is 6.61 Å². The van der Waals surface area contributed by atoms with Crippen molar-refractivity contribution in [2.24, 2.45) is 5.73 Å². The summed E-state index contributed by atoms with van der Waals surface area (Å²) >= 11 is 6.25. The molecule has 2 aromatic rings. The molecule has 0 spiro atoms. The second-order valence-corrected chi connectivity index (χ2v) is 6.14. The summed E-state index contributed by atoms with van der Waals surface area (Å²) in [5, 5.41) is 0.765. The van der Waals surface area contributed by atoms with Crippen LogP contribution in [0.4, 0.5) is 0 Å². The second-order valence-electron chi connectivity index (χ2n) is 5.70. The largest absolute Gasteiger partial charge is 0.493 e. The van der Waals surface area contributed by atoms with Gasteiger partial charge in [-0.1, -0.05) is 48.9 Å². The number of halogens is 1. The maximum Gasteiger partial charge on any atom is 0.125 e. The van der Waals surface area contributed by atoms with Crippen LogP contribution in [0.5, 0.6) is 5.75 Å². The van der Waals surface area contributed by atoms with E-state index in [9.17, 15) is 0 Å². The van der Waals surface area contributed by atoms with E-state index in [4.69, 9.17) is 22.1 Å². The first-order valence-corrected chi connectivity index (χ1v) is 7.79. The van der Waals surface area contributed by atoms with Crippen LogP contribution >= 0.6 is 11.6 Å². The van der Waals surface area contributed by atoms with E-state index in [0.29, 0.717) is 0 Å². The molecule has 21 heavy (non-hydrogen) atoms. The molecule has 0 saturated carbocycles. The lowest BCUT2D eigenvalue weighted by Gasteiger charge is -2.29. The molecule has 0 saturated heterocycles. The average molecular weight is 302 g/mol. The molecule has 0 amide bonds. The molecule has 1 atom stereocenters. The van der Waals surface area contributed by atoms with Crippen LogP contribution in [-0.2, 0) is 18.4 Å². The molecule has 2 aromatic carbocycles. The third-order valence-corrected chi connectivity index (χ3v) is 4.53. The van der Waals surface area contributed by atoms with Crippen LogP contribution in [0.2, 0.25) is 5.02 Å². The maximum atomic E-state index is 6.70. The predicted molar refractivity (Wildman–Crippen MR) is 87.0 cm³/mol. The molecule has 1 aliphatic rings. The Morgan fingerprint density at radius 1 is 1.24 bits per heavy atom. The molecule has 2 N–H and O–H groups in total. The lowest BCUT2D eigenvalue weighted by Crippen LogP contribution is -2.38. The van der Waals surface area contributed by atoms with Crippen molar-refractivity contribution in [3.63, 3.8) is 0 Å². The highest BCUT2D eigenvalue weighted by Gasteiger charge is 2.29.